The van der Waals surface area contributed by atoms with E-state index in [4.69, 9.17) is 4.74 Å². The molecule has 6 heteroatoms. The van der Waals surface area contributed by atoms with Crippen molar-refractivity contribution in [1.29, 1.82) is 0 Å². The van der Waals surface area contributed by atoms with Crippen LogP contribution in [0.3, 0.4) is 0 Å². The first kappa shape index (κ1) is 23.6. The molecule has 0 unspecified atom stereocenters. The number of para-hydroxylation sites is 1. The first-order chi connectivity index (χ1) is 16.9. The first-order valence-electron chi connectivity index (χ1n) is 14.0. The summed E-state index contributed by atoms with van der Waals surface area (Å²) in [4.78, 5) is 13.6. The molecule has 4 aliphatic rings. The zero-order valence-corrected chi connectivity index (χ0v) is 21.4. The van der Waals surface area contributed by atoms with Gasteiger partial charge in [-0.15, -0.1) is 5.10 Å². The molecule has 4 saturated carbocycles. The van der Waals surface area contributed by atoms with E-state index < -0.39 is 5.60 Å². The minimum Gasteiger partial charge on any atom is -0.387 e. The Bertz CT molecular complexity index is 1080. The number of hydrogen-bond acceptors (Lipinski definition) is 5. The van der Waals surface area contributed by atoms with Crippen molar-refractivity contribution in [3.05, 3.63) is 24.3 Å². The van der Waals surface area contributed by atoms with Crippen molar-refractivity contribution in [2.45, 2.75) is 83.8 Å². The van der Waals surface area contributed by atoms with Crippen LogP contribution in [0, 0.1) is 40.9 Å². The van der Waals surface area contributed by atoms with Gasteiger partial charge in [-0.1, -0.05) is 24.3 Å². The van der Waals surface area contributed by atoms with Gasteiger partial charge < -0.3 is 9.84 Å². The number of carbonyl (C=O) groups is 1. The van der Waals surface area contributed by atoms with E-state index in [1.54, 1.807) is 4.68 Å². The maximum atomic E-state index is 13.6. The van der Waals surface area contributed by atoms with Gasteiger partial charge in [0.2, 0.25) is 0 Å². The SMILES string of the molecule is CCOC[C@@]1(O)CC[C@H]2[C@@H](CC[C@@H]3[C@@H]2CC[C@]2(C)[C@@H](C(=O)Cn4nnc5ccccc54)CC[C@@H]32)C1. The number of ether oxygens (including phenoxy) is 1. The topological polar surface area (TPSA) is 77.2 Å². The number of carbonyl (C=O) groups excluding carboxylic acids is 1. The zero-order chi connectivity index (χ0) is 24.2. The molecule has 4 fully saturated rings. The number of aromatic nitrogens is 3. The summed E-state index contributed by atoms with van der Waals surface area (Å²) in [5, 5.41) is 19.7. The molecular weight excluding hydrogens is 438 g/mol. The maximum Gasteiger partial charge on any atom is 0.157 e. The second-order valence-corrected chi connectivity index (χ2v) is 12.4. The molecule has 0 radical (unpaired) electrons. The van der Waals surface area contributed by atoms with Crippen LogP contribution in [0.25, 0.3) is 11.0 Å². The number of fused-ring (bicyclic) bond motifs is 6. The van der Waals surface area contributed by atoms with Crippen molar-refractivity contribution in [3.63, 3.8) is 0 Å². The molecule has 8 atom stereocenters. The lowest BCUT2D eigenvalue weighted by Gasteiger charge is -2.57. The van der Waals surface area contributed by atoms with Crippen molar-refractivity contribution in [2.24, 2.45) is 40.9 Å². The van der Waals surface area contributed by atoms with Gasteiger partial charge in [-0.05, 0) is 112 Å². The molecule has 6 rings (SSSR count). The van der Waals surface area contributed by atoms with E-state index in [0.717, 1.165) is 54.5 Å². The molecule has 0 saturated heterocycles. The number of hydrogen-bond donors (Lipinski definition) is 1. The van der Waals surface area contributed by atoms with Gasteiger partial charge in [-0.25, -0.2) is 4.68 Å². The Hall–Kier alpha value is -1.79. The fourth-order valence-electron chi connectivity index (χ4n) is 9.21. The quantitative estimate of drug-likeness (QED) is 0.628. The van der Waals surface area contributed by atoms with E-state index >= 15 is 0 Å². The lowest BCUT2D eigenvalue weighted by atomic mass is 9.49. The highest BCUT2D eigenvalue weighted by Gasteiger charge is 2.59. The molecule has 1 heterocycles. The summed E-state index contributed by atoms with van der Waals surface area (Å²) >= 11 is 0. The van der Waals surface area contributed by atoms with Crippen LogP contribution >= 0.6 is 0 Å². The van der Waals surface area contributed by atoms with Crippen molar-refractivity contribution in [2.75, 3.05) is 13.2 Å². The van der Waals surface area contributed by atoms with E-state index in [0.29, 0.717) is 37.4 Å². The van der Waals surface area contributed by atoms with Gasteiger partial charge in [0.15, 0.2) is 5.78 Å². The predicted molar refractivity (Wildman–Crippen MR) is 135 cm³/mol. The van der Waals surface area contributed by atoms with Crippen molar-refractivity contribution in [1.82, 2.24) is 15.0 Å². The van der Waals surface area contributed by atoms with Gasteiger partial charge in [0.1, 0.15) is 12.1 Å². The highest BCUT2D eigenvalue weighted by molar-refractivity contribution is 5.84. The number of Topliss-reactive ketones (excluding diaryl/α,β-unsaturated/α-hetero) is 1. The average Bonchev–Trinajstić information content (AvgIpc) is 3.43. The van der Waals surface area contributed by atoms with E-state index in [2.05, 4.69) is 17.2 Å². The summed E-state index contributed by atoms with van der Waals surface area (Å²) in [5.74, 6) is 4.05. The van der Waals surface area contributed by atoms with Gasteiger partial charge in [0.25, 0.3) is 0 Å². The van der Waals surface area contributed by atoms with Crippen LogP contribution in [0.15, 0.2) is 24.3 Å². The monoisotopic (exact) mass is 479 g/mol. The third-order valence-corrected chi connectivity index (χ3v) is 10.8. The number of benzene rings is 1. The lowest BCUT2D eigenvalue weighted by molar-refractivity contribution is -0.138. The van der Waals surface area contributed by atoms with Gasteiger partial charge in [-0.2, -0.15) is 0 Å². The van der Waals surface area contributed by atoms with E-state index in [9.17, 15) is 9.90 Å². The van der Waals surface area contributed by atoms with Crippen LogP contribution in [-0.4, -0.2) is 44.7 Å². The molecule has 1 aromatic heterocycles. The number of rotatable bonds is 6. The third-order valence-electron chi connectivity index (χ3n) is 10.8. The summed E-state index contributed by atoms with van der Waals surface area (Å²) < 4.78 is 7.44. The molecule has 2 aromatic rings. The van der Waals surface area contributed by atoms with Crippen LogP contribution in [0.1, 0.15) is 71.6 Å². The molecule has 4 aliphatic carbocycles. The third kappa shape index (κ3) is 3.96. The molecule has 0 spiro atoms. The predicted octanol–water partition coefficient (Wildman–Crippen LogP) is 5.04. The fraction of sp³-hybridized carbons (Fsp3) is 0.759. The molecular formula is C29H41N3O3. The minimum absolute atomic E-state index is 0.117. The number of aliphatic hydroxyl groups is 1. The average molecular weight is 480 g/mol. The molecule has 0 bridgehead atoms. The fourth-order valence-corrected chi connectivity index (χ4v) is 9.21. The van der Waals surface area contributed by atoms with Crippen LogP contribution < -0.4 is 0 Å². The molecule has 35 heavy (non-hydrogen) atoms. The normalized spacial score (nSPS) is 40.8. The summed E-state index contributed by atoms with van der Waals surface area (Å²) in [6.45, 7) is 5.94. The Labute approximate surface area is 208 Å². The Kier molecular flexibility index (Phi) is 6.03. The minimum atomic E-state index is -0.621. The van der Waals surface area contributed by atoms with E-state index in [-0.39, 0.29) is 11.3 Å². The summed E-state index contributed by atoms with van der Waals surface area (Å²) in [7, 11) is 0. The maximum absolute atomic E-state index is 13.6. The highest BCUT2D eigenvalue weighted by atomic mass is 16.5. The van der Waals surface area contributed by atoms with Crippen LogP contribution in [0.2, 0.25) is 0 Å². The zero-order valence-electron chi connectivity index (χ0n) is 21.4. The number of ketones is 1. The Morgan fingerprint density at radius 3 is 2.77 bits per heavy atom. The van der Waals surface area contributed by atoms with Gasteiger partial charge >= 0.3 is 0 Å². The summed E-state index contributed by atoms with van der Waals surface area (Å²) in [6.07, 6.45) is 10.1. The Morgan fingerprint density at radius 1 is 1.09 bits per heavy atom. The number of nitrogens with zero attached hydrogens (tertiary/aromatic N) is 3. The molecule has 0 aliphatic heterocycles. The highest BCUT2D eigenvalue weighted by Crippen LogP contribution is 2.64. The van der Waals surface area contributed by atoms with E-state index in [1.165, 1.54) is 32.1 Å². The van der Waals surface area contributed by atoms with Gasteiger partial charge in [-0.3, -0.25) is 4.79 Å². The molecule has 0 amide bonds. The summed E-state index contributed by atoms with van der Waals surface area (Å²) in [6, 6.07) is 7.91. The van der Waals surface area contributed by atoms with E-state index in [1.807, 2.05) is 31.2 Å². The second-order valence-electron chi connectivity index (χ2n) is 12.4. The largest absolute Gasteiger partial charge is 0.387 e. The Morgan fingerprint density at radius 2 is 1.91 bits per heavy atom. The van der Waals surface area contributed by atoms with Gasteiger partial charge in [0.05, 0.1) is 17.7 Å². The van der Waals surface area contributed by atoms with Crippen molar-refractivity contribution < 1.29 is 14.6 Å². The first-order valence-corrected chi connectivity index (χ1v) is 14.0. The smallest absolute Gasteiger partial charge is 0.157 e. The second kappa shape index (κ2) is 8.95. The van der Waals surface area contributed by atoms with Crippen molar-refractivity contribution >= 4 is 16.8 Å². The van der Waals surface area contributed by atoms with Crippen molar-refractivity contribution in [3.8, 4) is 0 Å². The molecule has 190 valence electrons. The van der Waals surface area contributed by atoms with Crippen LogP contribution in [0.5, 0.6) is 0 Å². The Balaban J connectivity index is 1.15. The van der Waals surface area contributed by atoms with Crippen LogP contribution in [0.4, 0.5) is 0 Å². The molecule has 1 aromatic carbocycles. The van der Waals surface area contributed by atoms with Gasteiger partial charge in [0, 0.05) is 12.5 Å². The molecule has 1 N–H and O–H groups in total. The molecule has 6 nitrogen and oxygen atoms in total. The van der Waals surface area contributed by atoms with Crippen LogP contribution in [-0.2, 0) is 16.1 Å². The summed E-state index contributed by atoms with van der Waals surface area (Å²) in [5.41, 5.74) is 1.30. The standard InChI is InChI=1S/C29H41N3O3/c1-3-35-18-29(34)15-13-20-19(16-29)8-9-22-21(20)12-14-28(2)23(22)10-11-24(28)27(33)17-32-26-7-5-4-6-25(26)30-31-32/h4-7,19-24,34H,3,8-18H2,1-2H3/t19-,20-,21+,22+,23-,24+,28-,29+/m0/s1. The lowest BCUT2D eigenvalue weighted by Crippen LogP contribution is -2.52.